The van der Waals surface area contributed by atoms with Crippen LogP contribution in [-0.2, 0) is 0 Å². The molecule has 1 N–H and O–H groups in total. The Labute approximate surface area is 126 Å². The number of rotatable bonds is 8. The van der Waals surface area contributed by atoms with Crippen molar-refractivity contribution in [3.63, 3.8) is 0 Å². The molecular weight excluding hydrogens is 300 g/mol. The SMILES string of the molecule is CCCN(CCC(NC)c1ccccc1Br)C(C)C. The first-order valence-corrected chi connectivity index (χ1v) is 8.05. The predicted octanol–water partition coefficient (Wildman–Crippen LogP) is 4.22. The molecule has 1 unspecified atom stereocenters. The lowest BCUT2D eigenvalue weighted by atomic mass is 10.0. The summed E-state index contributed by atoms with van der Waals surface area (Å²) in [6.45, 7) is 9.13. The smallest absolute Gasteiger partial charge is 0.0340 e. The van der Waals surface area contributed by atoms with Gasteiger partial charge in [-0.1, -0.05) is 41.1 Å². The van der Waals surface area contributed by atoms with Gasteiger partial charge in [-0.3, -0.25) is 0 Å². The highest BCUT2D eigenvalue weighted by Gasteiger charge is 2.15. The van der Waals surface area contributed by atoms with E-state index in [0.717, 1.165) is 13.0 Å². The topological polar surface area (TPSA) is 15.3 Å². The van der Waals surface area contributed by atoms with Crippen LogP contribution < -0.4 is 5.32 Å². The second-order valence-corrected chi connectivity index (χ2v) is 6.14. The summed E-state index contributed by atoms with van der Waals surface area (Å²) in [5, 5.41) is 3.44. The number of hydrogen-bond acceptors (Lipinski definition) is 2. The fourth-order valence-corrected chi connectivity index (χ4v) is 2.98. The Morgan fingerprint density at radius 2 is 1.89 bits per heavy atom. The Kier molecular flexibility index (Phi) is 7.66. The lowest BCUT2D eigenvalue weighted by Crippen LogP contribution is -2.34. The third kappa shape index (κ3) is 5.25. The van der Waals surface area contributed by atoms with Crippen molar-refractivity contribution < 1.29 is 0 Å². The molecule has 0 aromatic heterocycles. The molecule has 0 amide bonds. The minimum atomic E-state index is 0.411. The van der Waals surface area contributed by atoms with Gasteiger partial charge in [0, 0.05) is 23.1 Å². The zero-order valence-corrected chi connectivity index (χ0v) is 14.2. The van der Waals surface area contributed by atoms with Gasteiger partial charge in [-0.2, -0.15) is 0 Å². The number of nitrogens with zero attached hydrogens (tertiary/aromatic N) is 1. The van der Waals surface area contributed by atoms with Crippen LogP contribution in [0, 0.1) is 0 Å². The summed E-state index contributed by atoms with van der Waals surface area (Å²) >= 11 is 3.65. The van der Waals surface area contributed by atoms with Crippen LogP contribution in [0.5, 0.6) is 0 Å². The maximum absolute atomic E-state index is 3.65. The molecule has 0 saturated heterocycles. The Hall–Kier alpha value is -0.380. The second kappa shape index (κ2) is 8.72. The standard InChI is InChI=1S/C16H27BrN2/c1-5-11-19(13(2)3)12-10-16(18-4)14-8-6-7-9-15(14)17/h6-9,13,16,18H,5,10-12H2,1-4H3. The van der Waals surface area contributed by atoms with Crippen LogP contribution in [0.2, 0.25) is 0 Å². The van der Waals surface area contributed by atoms with Crippen molar-refractivity contribution in [3.05, 3.63) is 34.3 Å². The molecule has 1 aromatic carbocycles. The third-order valence-electron chi connectivity index (χ3n) is 3.58. The van der Waals surface area contributed by atoms with Gasteiger partial charge in [0.05, 0.1) is 0 Å². The zero-order chi connectivity index (χ0) is 14.3. The van der Waals surface area contributed by atoms with Crippen molar-refractivity contribution in [2.45, 2.75) is 45.7 Å². The summed E-state index contributed by atoms with van der Waals surface area (Å²) < 4.78 is 1.20. The maximum Gasteiger partial charge on any atom is 0.0340 e. The van der Waals surface area contributed by atoms with Crippen molar-refractivity contribution in [2.75, 3.05) is 20.1 Å². The van der Waals surface area contributed by atoms with E-state index in [0.29, 0.717) is 12.1 Å². The molecule has 0 bridgehead atoms. The van der Waals surface area contributed by atoms with E-state index in [1.165, 1.54) is 23.0 Å². The number of hydrogen-bond donors (Lipinski definition) is 1. The second-order valence-electron chi connectivity index (χ2n) is 5.28. The van der Waals surface area contributed by atoms with E-state index >= 15 is 0 Å². The summed E-state index contributed by atoms with van der Waals surface area (Å²) in [4.78, 5) is 2.56. The van der Waals surface area contributed by atoms with Crippen LogP contribution in [0.15, 0.2) is 28.7 Å². The third-order valence-corrected chi connectivity index (χ3v) is 4.30. The summed E-state index contributed by atoms with van der Waals surface area (Å²) in [7, 11) is 2.05. The highest BCUT2D eigenvalue weighted by molar-refractivity contribution is 9.10. The van der Waals surface area contributed by atoms with E-state index in [4.69, 9.17) is 0 Å². The van der Waals surface area contributed by atoms with Crippen LogP contribution in [0.1, 0.15) is 45.2 Å². The van der Waals surface area contributed by atoms with Crippen LogP contribution in [0.25, 0.3) is 0 Å². The molecule has 1 aromatic rings. The Morgan fingerprint density at radius 1 is 1.21 bits per heavy atom. The van der Waals surface area contributed by atoms with Gasteiger partial charge < -0.3 is 10.2 Å². The van der Waals surface area contributed by atoms with Crippen LogP contribution in [0.3, 0.4) is 0 Å². The molecule has 1 rings (SSSR count). The van der Waals surface area contributed by atoms with Crippen molar-refractivity contribution in [3.8, 4) is 0 Å². The fourth-order valence-electron chi connectivity index (χ4n) is 2.42. The largest absolute Gasteiger partial charge is 0.313 e. The van der Waals surface area contributed by atoms with Crippen LogP contribution >= 0.6 is 15.9 Å². The summed E-state index contributed by atoms with van der Waals surface area (Å²) in [5.41, 5.74) is 1.35. The van der Waals surface area contributed by atoms with Crippen molar-refractivity contribution >= 4 is 15.9 Å². The normalized spacial score (nSPS) is 13.2. The first-order valence-electron chi connectivity index (χ1n) is 7.25. The lowest BCUT2D eigenvalue weighted by Gasteiger charge is -2.28. The maximum atomic E-state index is 3.65. The molecule has 0 fully saturated rings. The molecular formula is C16H27BrN2. The fraction of sp³-hybridized carbons (Fsp3) is 0.625. The summed E-state index contributed by atoms with van der Waals surface area (Å²) in [6.07, 6.45) is 2.36. The van der Waals surface area contributed by atoms with Gasteiger partial charge in [-0.25, -0.2) is 0 Å². The molecule has 19 heavy (non-hydrogen) atoms. The minimum Gasteiger partial charge on any atom is -0.313 e. The van der Waals surface area contributed by atoms with Gasteiger partial charge in [0.1, 0.15) is 0 Å². The van der Waals surface area contributed by atoms with Gasteiger partial charge in [-0.05, 0) is 51.9 Å². The van der Waals surface area contributed by atoms with Gasteiger partial charge in [0.2, 0.25) is 0 Å². The van der Waals surface area contributed by atoms with Crippen molar-refractivity contribution in [2.24, 2.45) is 0 Å². The predicted molar refractivity (Wildman–Crippen MR) is 87.6 cm³/mol. The molecule has 108 valence electrons. The van der Waals surface area contributed by atoms with E-state index < -0.39 is 0 Å². The molecule has 2 nitrogen and oxygen atoms in total. The van der Waals surface area contributed by atoms with Crippen molar-refractivity contribution in [1.29, 1.82) is 0 Å². The number of nitrogens with one attached hydrogen (secondary N) is 1. The molecule has 0 aliphatic rings. The van der Waals surface area contributed by atoms with Crippen LogP contribution in [-0.4, -0.2) is 31.1 Å². The minimum absolute atomic E-state index is 0.411. The summed E-state index contributed by atoms with van der Waals surface area (Å²) in [6, 6.07) is 9.52. The lowest BCUT2D eigenvalue weighted by molar-refractivity contribution is 0.211. The van der Waals surface area contributed by atoms with Crippen molar-refractivity contribution in [1.82, 2.24) is 10.2 Å². The quantitative estimate of drug-likeness (QED) is 0.769. The van der Waals surface area contributed by atoms with E-state index in [1.807, 2.05) is 7.05 Å². The Bertz CT molecular complexity index is 366. The highest BCUT2D eigenvalue weighted by Crippen LogP contribution is 2.25. The molecule has 1 atom stereocenters. The first-order chi connectivity index (χ1) is 9.10. The van der Waals surface area contributed by atoms with Gasteiger partial charge in [0.15, 0.2) is 0 Å². The highest BCUT2D eigenvalue weighted by atomic mass is 79.9. The van der Waals surface area contributed by atoms with E-state index in [9.17, 15) is 0 Å². The molecule has 0 aliphatic heterocycles. The number of halogens is 1. The summed E-state index contributed by atoms with van der Waals surface area (Å²) in [5.74, 6) is 0. The number of benzene rings is 1. The zero-order valence-electron chi connectivity index (χ0n) is 12.6. The van der Waals surface area contributed by atoms with Gasteiger partial charge in [0.25, 0.3) is 0 Å². The van der Waals surface area contributed by atoms with Gasteiger partial charge >= 0.3 is 0 Å². The average molecular weight is 327 g/mol. The molecule has 0 aliphatic carbocycles. The monoisotopic (exact) mass is 326 g/mol. The average Bonchev–Trinajstić information content (AvgIpc) is 2.39. The first kappa shape index (κ1) is 16.7. The molecule has 0 spiro atoms. The van der Waals surface area contributed by atoms with Gasteiger partial charge in [-0.15, -0.1) is 0 Å². The van der Waals surface area contributed by atoms with E-state index in [1.54, 1.807) is 0 Å². The molecule has 0 radical (unpaired) electrons. The molecule has 3 heteroatoms. The van der Waals surface area contributed by atoms with E-state index in [-0.39, 0.29) is 0 Å². The molecule has 0 heterocycles. The molecule has 0 saturated carbocycles. The Balaban J connectivity index is 2.65. The van der Waals surface area contributed by atoms with Crippen LogP contribution in [0.4, 0.5) is 0 Å². The van der Waals surface area contributed by atoms with E-state index in [2.05, 4.69) is 71.2 Å². The Morgan fingerprint density at radius 3 is 2.42 bits per heavy atom.